The van der Waals surface area contributed by atoms with Crippen LogP contribution in [0.1, 0.15) is 37.8 Å². The van der Waals surface area contributed by atoms with Crippen LogP contribution in [-0.4, -0.2) is 54.2 Å². The molecule has 1 aliphatic carbocycles. The number of benzene rings is 2. The number of rotatable bonds is 6. The zero-order valence-electron chi connectivity index (χ0n) is 18.6. The number of nitrogens with zero attached hydrogens (tertiary/aromatic N) is 1. The summed E-state index contributed by atoms with van der Waals surface area (Å²) < 4.78 is 5.53. The highest BCUT2D eigenvalue weighted by molar-refractivity contribution is 5.87. The number of ether oxygens (including phenoxy) is 1. The lowest BCUT2D eigenvalue weighted by Gasteiger charge is -2.47. The summed E-state index contributed by atoms with van der Waals surface area (Å²) in [7, 11) is 0. The van der Waals surface area contributed by atoms with Crippen LogP contribution < -0.4 is 5.32 Å². The molecule has 0 unspecified atom stereocenters. The molecule has 2 amide bonds. The predicted molar refractivity (Wildman–Crippen MR) is 119 cm³/mol. The topological polar surface area (TPSA) is 95.9 Å². The van der Waals surface area contributed by atoms with Crippen LogP contribution in [0.4, 0.5) is 4.79 Å². The van der Waals surface area contributed by atoms with E-state index in [0.29, 0.717) is 0 Å². The summed E-state index contributed by atoms with van der Waals surface area (Å²) in [5, 5.41) is 11.9. The fourth-order valence-electron chi connectivity index (χ4n) is 4.52. The molecule has 2 aliphatic rings. The molecular formula is C25H28N2O5. The molecule has 1 heterocycles. The summed E-state index contributed by atoms with van der Waals surface area (Å²) in [5.74, 6) is -1.12. The first-order chi connectivity index (χ1) is 15.1. The number of nitrogens with one attached hydrogen (secondary N) is 1. The highest BCUT2D eigenvalue weighted by Crippen LogP contribution is 2.44. The highest BCUT2D eigenvalue weighted by atomic mass is 16.5. The molecule has 0 saturated carbocycles. The first-order valence-electron chi connectivity index (χ1n) is 10.7. The maximum absolute atomic E-state index is 12.8. The molecule has 1 fully saturated rings. The first kappa shape index (κ1) is 21.9. The Morgan fingerprint density at radius 1 is 1.06 bits per heavy atom. The second-order valence-corrected chi connectivity index (χ2v) is 9.59. The van der Waals surface area contributed by atoms with Gasteiger partial charge in [-0.3, -0.25) is 9.59 Å². The molecular weight excluding hydrogens is 408 g/mol. The number of carbonyl (C=O) groups excluding carboxylic acids is 2. The Bertz CT molecular complexity index is 1030. The highest BCUT2D eigenvalue weighted by Gasteiger charge is 2.50. The molecule has 1 aliphatic heterocycles. The van der Waals surface area contributed by atoms with E-state index in [1.807, 2.05) is 24.3 Å². The standard InChI is InChI=1S/C25H28N2O5/c1-24(2,21(28)27-14-25(3,15-27)22(29)30)13-26-23(31)32-12-20-18-10-6-4-8-16(18)17-9-5-7-11-19(17)20/h4-11,20H,12-15H2,1-3H3,(H,26,31)(H,29,30). The summed E-state index contributed by atoms with van der Waals surface area (Å²) in [4.78, 5) is 37.9. The zero-order chi connectivity index (χ0) is 23.1. The minimum absolute atomic E-state index is 0.0300. The van der Waals surface area contributed by atoms with Crippen molar-refractivity contribution < 1.29 is 24.2 Å². The predicted octanol–water partition coefficient (Wildman–Crippen LogP) is 3.48. The Hall–Kier alpha value is -3.35. The fraction of sp³-hybridized carbons (Fsp3) is 0.400. The van der Waals surface area contributed by atoms with E-state index >= 15 is 0 Å². The molecule has 7 nitrogen and oxygen atoms in total. The third-order valence-electron chi connectivity index (χ3n) is 6.48. The summed E-state index contributed by atoms with van der Waals surface area (Å²) in [6, 6.07) is 16.2. The first-order valence-corrected chi connectivity index (χ1v) is 10.7. The van der Waals surface area contributed by atoms with Crippen LogP contribution in [0, 0.1) is 10.8 Å². The number of aliphatic carboxylic acids is 1. The molecule has 168 valence electrons. The lowest BCUT2D eigenvalue weighted by Crippen LogP contribution is -2.63. The Balaban J connectivity index is 1.32. The Kier molecular flexibility index (Phi) is 5.44. The maximum atomic E-state index is 12.8. The van der Waals surface area contributed by atoms with Crippen LogP contribution >= 0.6 is 0 Å². The van der Waals surface area contributed by atoms with Gasteiger partial charge in [-0.1, -0.05) is 48.5 Å². The van der Waals surface area contributed by atoms with Gasteiger partial charge in [-0.15, -0.1) is 0 Å². The molecule has 0 aromatic heterocycles. The van der Waals surface area contributed by atoms with E-state index in [2.05, 4.69) is 29.6 Å². The van der Waals surface area contributed by atoms with Crippen molar-refractivity contribution in [2.45, 2.75) is 26.7 Å². The van der Waals surface area contributed by atoms with Gasteiger partial charge in [-0.05, 0) is 43.0 Å². The van der Waals surface area contributed by atoms with Crippen LogP contribution in [-0.2, 0) is 14.3 Å². The van der Waals surface area contributed by atoms with E-state index in [4.69, 9.17) is 4.74 Å². The van der Waals surface area contributed by atoms with Gasteiger partial charge in [0.15, 0.2) is 0 Å². The van der Waals surface area contributed by atoms with Gasteiger partial charge in [0, 0.05) is 25.6 Å². The number of amides is 2. The summed E-state index contributed by atoms with van der Waals surface area (Å²) in [6.45, 7) is 5.75. The van der Waals surface area contributed by atoms with E-state index in [1.54, 1.807) is 20.8 Å². The Morgan fingerprint density at radius 3 is 2.12 bits per heavy atom. The fourth-order valence-corrected chi connectivity index (χ4v) is 4.52. The van der Waals surface area contributed by atoms with E-state index in [-0.39, 0.29) is 38.1 Å². The Labute approximate surface area is 187 Å². The second-order valence-electron chi connectivity index (χ2n) is 9.59. The smallest absolute Gasteiger partial charge is 0.407 e. The summed E-state index contributed by atoms with van der Waals surface area (Å²) >= 11 is 0. The SMILES string of the molecule is CC(C)(CNC(=O)OCC1c2ccccc2-c2ccccc21)C(=O)N1CC(C)(C(=O)O)C1. The number of carboxylic acid groups (broad SMARTS) is 1. The van der Waals surface area contributed by atoms with Crippen molar-refractivity contribution in [1.82, 2.24) is 10.2 Å². The van der Waals surface area contributed by atoms with Crippen LogP contribution in [0.2, 0.25) is 0 Å². The van der Waals surface area contributed by atoms with E-state index in [1.165, 1.54) is 4.90 Å². The largest absolute Gasteiger partial charge is 0.481 e. The number of hydrogen-bond donors (Lipinski definition) is 2. The van der Waals surface area contributed by atoms with Gasteiger partial charge >= 0.3 is 12.1 Å². The number of hydrogen-bond acceptors (Lipinski definition) is 4. The molecule has 0 spiro atoms. The quantitative estimate of drug-likeness (QED) is 0.723. The van der Waals surface area contributed by atoms with Gasteiger partial charge in [0.05, 0.1) is 10.8 Å². The summed E-state index contributed by atoms with van der Waals surface area (Å²) in [6.07, 6.45) is -0.577. The van der Waals surface area contributed by atoms with Gasteiger partial charge in [0.2, 0.25) is 5.91 Å². The molecule has 2 aromatic carbocycles. The van der Waals surface area contributed by atoms with Gasteiger partial charge < -0.3 is 20.1 Å². The van der Waals surface area contributed by atoms with E-state index in [9.17, 15) is 19.5 Å². The molecule has 2 N–H and O–H groups in total. The minimum Gasteiger partial charge on any atom is -0.481 e. The number of likely N-dealkylation sites (tertiary alicyclic amines) is 1. The van der Waals surface area contributed by atoms with Crippen molar-refractivity contribution in [1.29, 1.82) is 0 Å². The average molecular weight is 437 g/mol. The zero-order valence-corrected chi connectivity index (χ0v) is 18.6. The molecule has 0 bridgehead atoms. The monoisotopic (exact) mass is 436 g/mol. The molecule has 2 aromatic rings. The van der Waals surface area contributed by atoms with Crippen LogP contribution in [0.25, 0.3) is 11.1 Å². The number of fused-ring (bicyclic) bond motifs is 3. The second kappa shape index (κ2) is 7.97. The van der Waals surface area contributed by atoms with Gasteiger partial charge in [0.1, 0.15) is 6.61 Å². The molecule has 0 atom stereocenters. The molecule has 0 radical (unpaired) electrons. The number of carbonyl (C=O) groups is 3. The van der Waals surface area contributed by atoms with Crippen molar-refractivity contribution >= 4 is 18.0 Å². The van der Waals surface area contributed by atoms with Crippen molar-refractivity contribution in [2.75, 3.05) is 26.2 Å². The van der Waals surface area contributed by atoms with Crippen molar-refractivity contribution in [3.63, 3.8) is 0 Å². The maximum Gasteiger partial charge on any atom is 0.407 e. The van der Waals surface area contributed by atoms with E-state index in [0.717, 1.165) is 22.3 Å². The number of carboxylic acids is 1. The third-order valence-corrected chi connectivity index (χ3v) is 6.48. The van der Waals surface area contributed by atoms with E-state index < -0.39 is 22.9 Å². The van der Waals surface area contributed by atoms with Crippen LogP contribution in [0.5, 0.6) is 0 Å². The molecule has 1 saturated heterocycles. The average Bonchev–Trinajstić information content (AvgIpc) is 3.07. The van der Waals surface area contributed by atoms with Gasteiger partial charge in [-0.2, -0.15) is 0 Å². The summed E-state index contributed by atoms with van der Waals surface area (Å²) in [5.41, 5.74) is 2.82. The third kappa shape index (κ3) is 3.83. The van der Waals surface area contributed by atoms with Crippen molar-refractivity contribution in [3.05, 3.63) is 59.7 Å². The number of alkyl carbamates (subject to hydrolysis) is 1. The lowest BCUT2D eigenvalue weighted by molar-refractivity contribution is -0.167. The van der Waals surface area contributed by atoms with Gasteiger partial charge in [-0.25, -0.2) is 4.79 Å². The Morgan fingerprint density at radius 2 is 1.59 bits per heavy atom. The molecule has 32 heavy (non-hydrogen) atoms. The van der Waals surface area contributed by atoms with Crippen LogP contribution in [0.15, 0.2) is 48.5 Å². The lowest BCUT2D eigenvalue weighted by atomic mass is 9.79. The minimum atomic E-state index is -0.906. The molecule has 4 rings (SSSR count). The van der Waals surface area contributed by atoms with Crippen molar-refractivity contribution in [3.8, 4) is 11.1 Å². The van der Waals surface area contributed by atoms with Gasteiger partial charge in [0.25, 0.3) is 0 Å². The van der Waals surface area contributed by atoms with Crippen molar-refractivity contribution in [2.24, 2.45) is 10.8 Å². The molecule has 7 heteroatoms. The van der Waals surface area contributed by atoms with Crippen LogP contribution in [0.3, 0.4) is 0 Å². The normalized spacial score (nSPS) is 16.5.